The number of alkyl halides is 6. The maximum atomic E-state index is 14.0. The molecule has 0 saturated carbocycles. The van der Waals surface area contributed by atoms with Crippen LogP contribution in [-0.4, -0.2) is 102 Å². The lowest BCUT2D eigenvalue weighted by atomic mass is 10.1. The molecule has 0 radical (unpaired) electrons. The molecule has 2 aromatic rings. The third-order valence-electron chi connectivity index (χ3n) is 7.93. The Labute approximate surface area is 263 Å². The zero-order chi connectivity index (χ0) is 33.9. The summed E-state index contributed by atoms with van der Waals surface area (Å²) in [6, 6.07) is 0.304. The van der Waals surface area contributed by atoms with Gasteiger partial charge in [0.2, 0.25) is 11.9 Å². The maximum Gasteiger partial charge on any atom is 0.423 e. The fourth-order valence-corrected chi connectivity index (χ4v) is 6.16. The number of amides is 1. The molecule has 46 heavy (non-hydrogen) atoms. The van der Waals surface area contributed by atoms with E-state index in [1.54, 1.807) is 16.7 Å². The highest BCUT2D eigenvalue weighted by molar-refractivity contribution is 6.76. The first-order chi connectivity index (χ1) is 21.4. The van der Waals surface area contributed by atoms with Crippen LogP contribution in [0.1, 0.15) is 24.5 Å². The Morgan fingerprint density at radius 2 is 1.67 bits per heavy atom. The van der Waals surface area contributed by atoms with E-state index in [1.807, 2.05) is 4.90 Å². The minimum absolute atomic E-state index is 0.0460. The molecule has 0 aromatic carbocycles. The van der Waals surface area contributed by atoms with Gasteiger partial charge in [0.1, 0.15) is 12.3 Å². The predicted molar refractivity (Wildman–Crippen MR) is 161 cm³/mol. The Kier molecular flexibility index (Phi) is 11.0. The minimum Gasteiger partial charge on any atom is -0.379 e. The van der Waals surface area contributed by atoms with Crippen LogP contribution >= 0.6 is 0 Å². The topological polar surface area (TPSA) is 109 Å². The van der Waals surface area contributed by atoms with Gasteiger partial charge in [-0.2, -0.15) is 31.4 Å². The summed E-state index contributed by atoms with van der Waals surface area (Å²) in [7, 11) is -1.41. The number of halogens is 6. The zero-order valence-corrected chi connectivity index (χ0v) is 27.3. The Balaban J connectivity index is 1.28. The summed E-state index contributed by atoms with van der Waals surface area (Å²) in [5.41, 5.74) is -3.96. The molecule has 2 atom stereocenters. The average molecular weight is 679 g/mol. The van der Waals surface area contributed by atoms with Gasteiger partial charge in [-0.1, -0.05) is 19.6 Å². The van der Waals surface area contributed by atoms with Crippen LogP contribution < -0.4 is 15.8 Å². The number of aromatic nitrogens is 4. The van der Waals surface area contributed by atoms with E-state index < -0.39 is 48.8 Å². The number of carbonyl (C=O) groups is 1. The first kappa shape index (κ1) is 35.6. The Morgan fingerprint density at radius 3 is 2.26 bits per heavy atom. The zero-order valence-electron chi connectivity index (χ0n) is 26.3. The number of hydrogen-bond acceptors (Lipinski definition) is 9. The number of anilines is 2. The van der Waals surface area contributed by atoms with Gasteiger partial charge in [0.15, 0.2) is 0 Å². The van der Waals surface area contributed by atoms with Crippen molar-refractivity contribution < 1.29 is 35.9 Å². The van der Waals surface area contributed by atoms with Crippen LogP contribution in [0.5, 0.6) is 0 Å². The Bertz CT molecular complexity index is 1390. The largest absolute Gasteiger partial charge is 0.423 e. The third-order valence-corrected chi connectivity index (χ3v) is 9.64. The van der Waals surface area contributed by atoms with Gasteiger partial charge in [-0.05, 0) is 25.9 Å². The molecule has 0 unspecified atom stereocenters. The lowest BCUT2D eigenvalue weighted by Gasteiger charge is -2.36. The molecule has 0 aliphatic carbocycles. The maximum absolute atomic E-state index is 14.0. The summed E-state index contributed by atoms with van der Waals surface area (Å²) in [5, 5.41) is 6.70. The molecule has 2 saturated heterocycles. The number of likely N-dealkylation sites (tertiary alicyclic amines) is 1. The molecule has 18 heteroatoms. The van der Waals surface area contributed by atoms with Crippen LogP contribution in [0.25, 0.3) is 0 Å². The summed E-state index contributed by atoms with van der Waals surface area (Å²) < 4.78 is 86.4. The minimum atomic E-state index is -4.91. The van der Waals surface area contributed by atoms with E-state index in [9.17, 15) is 35.9 Å². The number of ether oxygens (including phenoxy) is 1. The number of carbonyl (C=O) groups excluding carboxylic acids is 1. The number of piperazine rings is 1. The molecule has 2 aliphatic heterocycles. The molecule has 1 N–H and O–H groups in total. The van der Waals surface area contributed by atoms with E-state index in [0.717, 1.165) is 24.6 Å². The van der Waals surface area contributed by atoms with E-state index in [2.05, 4.69) is 40.0 Å². The highest BCUT2D eigenvalue weighted by Gasteiger charge is 2.39. The highest BCUT2D eigenvalue weighted by atomic mass is 28.3. The van der Waals surface area contributed by atoms with Crippen LogP contribution in [0.3, 0.4) is 0 Å². The van der Waals surface area contributed by atoms with Crippen molar-refractivity contribution in [3.8, 4) is 0 Å². The van der Waals surface area contributed by atoms with Gasteiger partial charge in [0.05, 0.1) is 23.4 Å². The molecular formula is C28H40F6N8O3Si. The van der Waals surface area contributed by atoms with E-state index in [1.165, 1.54) is 0 Å². The Morgan fingerprint density at radius 1 is 1.02 bits per heavy atom. The molecule has 2 fully saturated rings. The lowest BCUT2D eigenvalue weighted by molar-refractivity contribution is -0.139. The smallest absolute Gasteiger partial charge is 0.379 e. The highest BCUT2D eigenvalue weighted by Crippen LogP contribution is 2.32. The van der Waals surface area contributed by atoms with Gasteiger partial charge in [0, 0.05) is 72.4 Å². The van der Waals surface area contributed by atoms with Crippen LogP contribution in [0.15, 0.2) is 23.4 Å². The van der Waals surface area contributed by atoms with Crippen LogP contribution in [-0.2, 0) is 28.6 Å². The van der Waals surface area contributed by atoms with Gasteiger partial charge >= 0.3 is 12.4 Å². The number of nitrogens with one attached hydrogen (secondary N) is 1. The molecule has 0 spiro atoms. The third kappa shape index (κ3) is 9.40. The summed E-state index contributed by atoms with van der Waals surface area (Å²) in [6.07, 6.45) is -6.38. The molecule has 2 aliphatic rings. The van der Waals surface area contributed by atoms with Crippen molar-refractivity contribution in [2.24, 2.45) is 5.92 Å². The first-order valence-corrected chi connectivity index (χ1v) is 18.8. The number of nitrogens with zero attached hydrogens (tertiary/aromatic N) is 7. The second-order valence-electron chi connectivity index (χ2n) is 13.0. The molecular weight excluding hydrogens is 638 g/mol. The lowest BCUT2D eigenvalue weighted by Crippen LogP contribution is -2.51. The first-order valence-electron chi connectivity index (χ1n) is 15.1. The average Bonchev–Trinajstić information content (AvgIpc) is 3.42. The second-order valence-corrected chi connectivity index (χ2v) is 18.6. The standard InChI is InChI=1S/C28H40F6N8O3Si/c1-19(38-22-15-37-42(18-45-11-12-46(2,3)4)25(44)23(22)28(32,33)34)16-39-6-5-20(17-39)24(43)40-7-9-41(10-8-40)26-35-13-21(14-36-26)27(29,30)31/h13-15,19-20,38H,5-12,16-18H2,1-4H3/t19-,20+/m0/s1. The van der Waals surface area contributed by atoms with Crippen molar-refractivity contribution in [2.75, 3.05) is 62.6 Å². The second kappa shape index (κ2) is 14.2. The molecule has 4 heterocycles. The van der Waals surface area contributed by atoms with E-state index in [4.69, 9.17) is 4.74 Å². The van der Waals surface area contributed by atoms with Crippen molar-refractivity contribution in [1.82, 2.24) is 29.5 Å². The molecule has 11 nitrogen and oxygen atoms in total. The normalized spacial score (nSPS) is 19.0. The predicted octanol–water partition coefficient (Wildman–Crippen LogP) is 3.85. The van der Waals surface area contributed by atoms with Crippen molar-refractivity contribution in [3.05, 3.63) is 40.1 Å². The SMILES string of the molecule is C[C@@H](CN1CC[C@@H](C(=O)N2CCN(c3ncc(C(F)(F)F)cn3)CC2)C1)Nc1cnn(COCC[Si](C)(C)C)c(=O)c1C(F)(F)F. The van der Waals surface area contributed by atoms with E-state index >= 15 is 0 Å². The van der Waals surface area contributed by atoms with Crippen LogP contribution in [0, 0.1) is 5.92 Å². The van der Waals surface area contributed by atoms with E-state index in [-0.39, 0.29) is 24.5 Å². The summed E-state index contributed by atoms with van der Waals surface area (Å²) in [4.78, 5) is 39.0. The van der Waals surface area contributed by atoms with Gasteiger partial charge in [0.25, 0.3) is 5.56 Å². The van der Waals surface area contributed by atoms with E-state index in [0.29, 0.717) is 63.5 Å². The van der Waals surface area contributed by atoms with Crippen molar-refractivity contribution >= 4 is 25.6 Å². The van der Waals surface area contributed by atoms with Gasteiger partial charge < -0.3 is 24.8 Å². The number of hydrogen-bond donors (Lipinski definition) is 1. The fraction of sp³-hybridized carbons (Fsp3) is 0.679. The molecule has 1 amide bonds. The summed E-state index contributed by atoms with van der Waals surface area (Å²) in [5.74, 6) is -0.172. The van der Waals surface area contributed by atoms with Gasteiger partial charge in [-0.15, -0.1) is 0 Å². The van der Waals surface area contributed by atoms with Gasteiger partial charge in [-0.3, -0.25) is 9.59 Å². The molecule has 0 bridgehead atoms. The van der Waals surface area contributed by atoms with Crippen LogP contribution in [0.4, 0.5) is 38.0 Å². The molecule has 4 rings (SSSR count). The molecule has 256 valence electrons. The summed E-state index contributed by atoms with van der Waals surface area (Å²) >= 11 is 0. The van der Waals surface area contributed by atoms with Crippen molar-refractivity contribution in [1.29, 1.82) is 0 Å². The Hall–Kier alpha value is -3.25. The van der Waals surface area contributed by atoms with Crippen molar-refractivity contribution in [2.45, 2.75) is 64.2 Å². The monoisotopic (exact) mass is 678 g/mol. The molecule has 2 aromatic heterocycles. The fourth-order valence-electron chi connectivity index (χ4n) is 5.41. The summed E-state index contributed by atoms with van der Waals surface area (Å²) in [6.45, 7) is 10.9. The van der Waals surface area contributed by atoms with Crippen LogP contribution in [0.2, 0.25) is 25.7 Å². The number of rotatable bonds is 11. The van der Waals surface area contributed by atoms with Crippen molar-refractivity contribution in [3.63, 3.8) is 0 Å². The quantitative estimate of drug-likeness (QED) is 0.216. The van der Waals surface area contributed by atoms with Gasteiger partial charge in [-0.25, -0.2) is 14.6 Å².